The number of nitrogens with one attached hydrogen (secondary N) is 2. The molecule has 8 bridgehead atoms. The number of H-pyrrole nitrogens is 2. The molecule has 7 aromatic carbocycles. The van der Waals surface area contributed by atoms with E-state index in [4.69, 9.17) is 0 Å². The predicted molar refractivity (Wildman–Crippen MR) is 242 cm³/mol. The van der Waals surface area contributed by atoms with E-state index in [9.17, 15) is 0 Å². The van der Waals surface area contributed by atoms with Gasteiger partial charge in [-0.25, -0.2) is 0 Å². The first-order chi connectivity index (χ1) is 28.5. The van der Waals surface area contributed by atoms with Gasteiger partial charge in [-0.05, 0) is 111 Å². The van der Waals surface area contributed by atoms with Crippen molar-refractivity contribution < 1.29 is 17.9 Å². The Bertz CT molecular complexity index is 3510. The summed E-state index contributed by atoms with van der Waals surface area (Å²) in [6.45, 7) is 0. The molecule has 4 nitrogen and oxygen atoms in total. The SMILES string of the molecule is [C-]1=Cc2cc3nc(cc4ccc(cc5ccc(cc1n2)[nH]5)[nH]4)C=C3.[Zn]=[CH]/C=C\c1[c-]cc2cc3c(ccc4cc5cc6cc7ccccc7cc6cc5cc43)cc2c1. The van der Waals surface area contributed by atoms with Crippen LogP contribution in [0.1, 0.15) is 28.3 Å². The Hall–Kier alpha value is -7.07. The minimum atomic E-state index is 0.808. The standard InChI is InChI=1S/C33H19.C20H13N4.Zn/c1-2-5-21-8-9-24-19-32-25(15-27(24)12-21)10-11-26-16-30-17-28-13-22-6-3-4-7-23(22)14-29(28)18-31(30)20-33(26)32;1-2-14-10-16-5-6-18(23-16)12-20-8-7-19(24-20)11-17-4-3-15(22-17)9-13(1)21-14;/h1-7,9-20H;1-7,9-12,21,23H;/q2*-1;/b5-2-;;. The number of allylic oxidation sites excluding steroid dienone is 1. The van der Waals surface area contributed by atoms with Gasteiger partial charge in [0.1, 0.15) is 0 Å². The number of benzene rings is 7. The van der Waals surface area contributed by atoms with Crippen LogP contribution in [0.4, 0.5) is 0 Å². The van der Waals surface area contributed by atoms with Crippen LogP contribution in [0, 0.1) is 12.1 Å². The second-order valence-corrected chi connectivity index (χ2v) is 15.9. The van der Waals surface area contributed by atoms with Crippen molar-refractivity contribution in [2.45, 2.75) is 0 Å². The topological polar surface area (TPSA) is 57.4 Å². The minimum absolute atomic E-state index is 0.808. The second kappa shape index (κ2) is 14.1. The molecule has 10 aromatic rings. The summed E-state index contributed by atoms with van der Waals surface area (Å²) in [5.41, 5.74) is 8.72. The third-order valence-corrected chi connectivity index (χ3v) is 11.5. The van der Waals surface area contributed by atoms with Gasteiger partial charge in [0.15, 0.2) is 0 Å². The molecule has 2 aliphatic heterocycles. The zero-order chi connectivity index (χ0) is 38.6. The van der Waals surface area contributed by atoms with Crippen molar-refractivity contribution in [1.82, 2.24) is 19.9 Å². The molecule has 5 heterocycles. The van der Waals surface area contributed by atoms with Gasteiger partial charge in [0.25, 0.3) is 0 Å². The van der Waals surface area contributed by atoms with Crippen molar-refractivity contribution >= 4 is 116 Å². The zero-order valence-electron chi connectivity index (χ0n) is 31.4. The van der Waals surface area contributed by atoms with Crippen LogP contribution in [0.2, 0.25) is 0 Å². The van der Waals surface area contributed by atoms with Crippen LogP contribution in [0.25, 0.3) is 111 Å². The molecule has 0 amide bonds. The van der Waals surface area contributed by atoms with Gasteiger partial charge in [-0.3, -0.25) is 4.98 Å². The molecule has 0 saturated heterocycles. The molecule has 0 spiro atoms. The number of hydrogen-bond donors (Lipinski definition) is 2. The van der Waals surface area contributed by atoms with Gasteiger partial charge in [-0.1, -0.05) is 36.0 Å². The van der Waals surface area contributed by atoms with E-state index in [0.717, 1.165) is 50.4 Å². The van der Waals surface area contributed by atoms with Gasteiger partial charge >= 0.3 is 132 Å². The zero-order valence-corrected chi connectivity index (χ0v) is 34.4. The van der Waals surface area contributed by atoms with E-state index >= 15 is 0 Å². The molecule has 5 heteroatoms. The van der Waals surface area contributed by atoms with Crippen LogP contribution in [0.3, 0.4) is 0 Å². The fraction of sp³-hybridized carbons (Fsp3) is 0. The van der Waals surface area contributed by atoms with Gasteiger partial charge in [-0.2, -0.15) is 6.08 Å². The third-order valence-electron chi connectivity index (χ3n) is 10.9. The van der Waals surface area contributed by atoms with Crippen LogP contribution in [-0.4, -0.2) is 24.5 Å². The molecule has 0 fully saturated rings. The Morgan fingerprint density at radius 3 is 1.69 bits per heavy atom. The average Bonchev–Trinajstić information content (AvgIpc) is 4.07. The van der Waals surface area contributed by atoms with Gasteiger partial charge in [-0.15, -0.1) is 12.1 Å². The summed E-state index contributed by atoms with van der Waals surface area (Å²) in [6.07, 6.45) is 13.3. The van der Waals surface area contributed by atoms with Crippen molar-refractivity contribution in [3.63, 3.8) is 0 Å². The summed E-state index contributed by atoms with van der Waals surface area (Å²) in [5, 5.41) is 15.4. The van der Waals surface area contributed by atoms with Crippen LogP contribution in [0.15, 0.2) is 152 Å². The number of rotatable bonds is 2. The molecule has 3 aromatic heterocycles. The van der Waals surface area contributed by atoms with Gasteiger partial charge < -0.3 is 15.0 Å². The van der Waals surface area contributed by atoms with Gasteiger partial charge in [0.05, 0.1) is 11.4 Å². The molecule has 0 saturated carbocycles. The van der Waals surface area contributed by atoms with E-state index in [2.05, 4.69) is 170 Å². The maximum atomic E-state index is 4.61. The van der Waals surface area contributed by atoms with Gasteiger partial charge in [0, 0.05) is 16.6 Å². The van der Waals surface area contributed by atoms with Crippen LogP contribution < -0.4 is 0 Å². The number of hydrogen-bond acceptors (Lipinski definition) is 2. The molecule has 268 valence electrons. The normalized spacial score (nSPS) is 12.4. The van der Waals surface area contributed by atoms with Crippen LogP contribution in [-0.2, 0) is 17.9 Å². The first-order valence-electron chi connectivity index (χ1n) is 19.4. The molecular weight excluding hydrogens is 758 g/mol. The van der Waals surface area contributed by atoms with Crippen molar-refractivity contribution in [3.8, 4) is 0 Å². The summed E-state index contributed by atoms with van der Waals surface area (Å²) in [5.74, 6) is 0. The third kappa shape index (κ3) is 6.66. The first kappa shape index (κ1) is 34.2. The molecular formula is C53H32N4Zn-2. The van der Waals surface area contributed by atoms with E-state index < -0.39 is 0 Å². The van der Waals surface area contributed by atoms with E-state index in [1.165, 1.54) is 82.5 Å². The Kier molecular flexibility index (Phi) is 8.34. The first-order valence-corrected chi connectivity index (χ1v) is 21.1. The number of fused-ring (bicyclic) bond motifs is 15. The Balaban J connectivity index is 0.000000141. The van der Waals surface area contributed by atoms with E-state index in [1.807, 2.05) is 42.5 Å². The summed E-state index contributed by atoms with van der Waals surface area (Å²) in [7, 11) is 0. The van der Waals surface area contributed by atoms with E-state index in [0.29, 0.717) is 0 Å². The predicted octanol–water partition coefficient (Wildman–Crippen LogP) is 13.1. The number of aromatic nitrogens is 4. The van der Waals surface area contributed by atoms with E-state index in [1.54, 1.807) is 0 Å². The van der Waals surface area contributed by atoms with Gasteiger partial charge in [0.2, 0.25) is 0 Å². The summed E-state index contributed by atoms with van der Waals surface area (Å²) in [6, 6.07) is 55.8. The number of nitrogens with zero attached hydrogens (tertiary/aromatic N) is 2. The van der Waals surface area contributed by atoms with Crippen molar-refractivity contribution in [2.24, 2.45) is 0 Å². The molecule has 0 aliphatic carbocycles. The Morgan fingerprint density at radius 2 is 1.02 bits per heavy atom. The Morgan fingerprint density at radius 1 is 0.466 bits per heavy atom. The monoisotopic (exact) mass is 788 g/mol. The fourth-order valence-electron chi connectivity index (χ4n) is 8.10. The molecule has 0 atom stereocenters. The van der Waals surface area contributed by atoms with Crippen molar-refractivity contribution in [3.05, 3.63) is 192 Å². The summed E-state index contributed by atoms with van der Waals surface area (Å²) >= 11 is 1.17. The quantitative estimate of drug-likeness (QED) is 0.0793. The summed E-state index contributed by atoms with van der Waals surface area (Å²) < 4.78 is 2.17. The summed E-state index contributed by atoms with van der Waals surface area (Å²) in [4.78, 5) is 15.9. The van der Waals surface area contributed by atoms with Crippen molar-refractivity contribution in [2.75, 3.05) is 0 Å². The molecule has 0 radical (unpaired) electrons. The molecule has 58 heavy (non-hydrogen) atoms. The second-order valence-electron chi connectivity index (χ2n) is 14.9. The van der Waals surface area contributed by atoms with E-state index in [-0.39, 0.29) is 0 Å². The molecule has 2 N–H and O–H groups in total. The van der Waals surface area contributed by atoms with Crippen molar-refractivity contribution in [1.29, 1.82) is 0 Å². The average molecular weight is 790 g/mol. The maximum absolute atomic E-state index is 4.61. The van der Waals surface area contributed by atoms with Crippen LogP contribution >= 0.6 is 0 Å². The molecule has 0 unspecified atom stereocenters. The molecule has 2 aliphatic rings. The van der Waals surface area contributed by atoms with Crippen LogP contribution in [0.5, 0.6) is 0 Å². The fourth-order valence-corrected chi connectivity index (χ4v) is 8.38. The molecule has 12 rings (SSSR count). The Labute approximate surface area is 343 Å². The number of aromatic amines is 2.